The maximum atomic E-state index is 5.75. The van der Waals surface area contributed by atoms with E-state index in [-0.39, 0.29) is 0 Å². The molecule has 0 aliphatic heterocycles. The third kappa shape index (κ3) is 3.16. The van der Waals surface area contributed by atoms with Crippen molar-refractivity contribution in [3.63, 3.8) is 0 Å². The van der Waals surface area contributed by atoms with Crippen LogP contribution in [0, 0.1) is 0 Å². The average Bonchev–Trinajstić information content (AvgIpc) is 2.96. The van der Waals surface area contributed by atoms with Gasteiger partial charge in [0.2, 0.25) is 11.8 Å². The van der Waals surface area contributed by atoms with Crippen LogP contribution < -0.4 is 4.74 Å². The highest BCUT2D eigenvalue weighted by molar-refractivity contribution is 9.11. The van der Waals surface area contributed by atoms with Crippen LogP contribution in [-0.4, -0.2) is 17.3 Å². The second-order valence-electron chi connectivity index (χ2n) is 4.30. The van der Waals surface area contributed by atoms with E-state index in [1.807, 2.05) is 42.5 Å². The Morgan fingerprint density at radius 3 is 2.24 bits per heavy atom. The number of nitrogens with zero attached hydrogens (tertiary/aromatic N) is 2. The van der Waals surface area contributed by atoms with E-state index >= 15 is 0 Å². The molecule has 106 valence electrons. The van der Waals surface area contributed by atoms with Crippen LogP contribution in [0.1, 0.15) is 0 Å². The van der Waals surface area contributed by atoms with Crippen LogP contribution in [0.25, 0.3) is 22.9 Å². The van der Waals surface area contributed by atoms with E-state index < -0.39 is 0 Å². The molecule has 1 heterocycles. The number of rotatable bonds is 3. The van der Waals surface area contributed by atoms with Gasteiger partial charge in [-0.05, 0) is 36.4 Å². The number of halogens is 2. The third-order valence-corrected chi connectivity index (χ3v) is 3.77. The maximum absolute atomic E-state index is 5.75. The Balaban J connectivity index is 1.99. The molecule has 4 nitrogen and oxygen atoms in total. The molecule has 0 amide bonds. The summed E-state index contributed by atoms with van der Waals surface area (Å²) in [6.45, 7) is 0. The molecular weight excluding hydrogens is 400 g/mol. The van der Waals surface area contributed by atoms with Crippen molar-refractivity contribution in [1.29, 1.82) is 0 Å². The summed E-state index contributed by atoms with van der Waals surface area (Å²) in [5.41, 5.74) is 1.67. The lowest BCUT2D eigenvalue weighted by molar-refractivity contribution is 0.415. The van der Waals surface area contributed by atoms with E-state index in [1.165, 1.54) is 0 Å². The van der Waals surface area contributed by atoms with Crippen LogP contribution >= 0.6 is 31.9 Å². The molecule has 0 atom stereocenters. The second kappa shape index (κ2) is 5.99. The number of hydrogen-bond donors (Lipinski definition) is 0. The van der Waals surface area contributed by atoms with Crippen LogP contribution in [0.3, 0.4) is 0 Å². The summed E-state index contributed by atoms with van der Waals surface area (Å²) >= 11 is 6.89. The van der Waals surface area contributed by atoms with E-state index in [0.717, 1.165) is 25.8 Å². The quantitative estimate of drug-likeness (QED) is 0.614. The maximum Gasteiger partial charge on any atom is 0.248 e. The lowest BCUT2D eigenvalue weighted by Crippen LogP contribution is -1.83. The smallest absolute Gasteiger partial charge is 0.248 e. The molecule has 0 fully saturated rings. The van der Waals surface area contributed by atoms with Crippen LogP contribution in [0.2, 0.25) is 0 Å². The Bertz CT molecular complexity index is 767. The normalized spacial score (nSPS) is 10.6. The van der Waals surface area contributed by atoms with E-state index in [4.69, 9.17) is 9.15 Å². The molecule has 0 spiro atoms. The fraction of sp³-hybridized carbons (Fsp3) is 0.0667. The molecule has 0 saturated heterocycles. The Morgan fingerprint density at radius 1 is 0.905 bits per heavy atom. The Morgan fingerprint density at radius 2 is 1.57 bits per heavy atom. The van der Waals surface area contributed by atoms with Gasteiger partial charge in [-0.15, -0.1) is 10.2 Å². The SMILES string of the molecule is COc1cccc(-c2nnc(-c3cc(Br)cc(Br)c3)o2)c1. The monoisotopic (exact) mass is 408 g/mol. The number of hydrogen-bond acceptors (Lipinski definition) is 4. The van der Waals surface area contributed by atoms with Gasteiger partial charge in [0.15, 0.2) is 0 Å². The lowest BCUT2D eigenvalue weighted by Gasteiger charge is -2.00. The van der Waals surface area contributed by atoms with Crippen molar-refractivity contribution in [2.75, 3.05) is 7.11 Å². The molecule has 0 N–H and O–H groups in total. The highest BCUT2D eigenvalue weighted by atomic mass is 79.9. The van der Waals surface area contributed by atoms with Gasteiger partial charge in [0.25, 0.3) is 0 Å². The minimum atomic E-state index is 0.458. The summed E-state index contributed by atoms with van der Waals surface area (Å²) in [5, 5.41) is 8.20. The van der Waals surface area contributed by atoms with Crippen molar-refractivity contribution < 1.29 is 9.15 Å². The van der Waals surface area contributed by atoms with E-state index in [0.29, 0.717) is 11.8 Å². The number of benzene rings is 2. The molecule has 2 aromatic carbocycles. The van der Waals surface area contributed by atoms with E-state index in [9.17, 15) is 0 Å². The summed E-state index contributed by atoms with van der Waals surface area (Å²) in [5.74, 6) is 1.67. The minimum Gasteiger partial charge on any atom is -0.497 e. The van der Waals surface area contributed by atoms with Crippen LogP contribution in [-0.2, 0) is 0 Å². The minimum absolute atomic E-state index is 0.458. The van der Waals surface area contributed by atoms with Gasteiger partial charge in [0, 0.05) is 20.1 Å². The second-order valence-corrected chi connectivity index (χ2v) is 6.13. The Hall–Kier alpha value is -1.66. The zero-order chi connectivity index (χ0) is 14.8. The molecule has 0 saturated carbocycles. The van der Waals surface area contributed by atoms with Gasteiger partial charge in [-0.25, -0.2) is 0 Å². The van der Waals surface area contributed by atoms with Gasteiger partial charge in [-0.3, -0.25) is 0 Å². The summed E-state index contributed by atoms with van der Waals surface area (Å²) in [6, 6.07) is 13.3. The average molecular weight is 410 g/mol. The molecule has 21 heavy (non-hydrogen) atoms. The van der Waals surface area contributed by atoms with Crippen LogP contribution in [0.5, 0.6) is 5.75 Å². The van der Waals surface area contributed by atoms with Crippen molar-refractivity contribution in [2.45, 2.75) is 0 Å². The highest BCUT2D eigenvalue weighted by Gasteiger charge is 2.12. The number of ether oxygens (including phenoxy) is 1. The zero-order valence-corrected chi connectivity index (χ0v) is 14.2. The van der Waals surface area contributed by atoms with Gasteiger partial charge in [0.05, 0.1) is 7.11 Å². The highest BCUT2D eigenvalue weighted by Crippen LogP contribution is 2.29. The summed E-state index contributed by atoms with van der Waals surface area (Å²) in [4.78, 5) is 0. The fourth-order valence-electron chi connectivity index (χ4n) is 1.89. The van der Waals surface area contributed by atoms with E-state index in [2.05, 4.69) is 42.1 Å². The third-order valence-electron chi connectivity index (χ3n) is 2.85. The number of aromatic nitrogens is 2. The molecule has 3 aromatic rings. The van der Waals surface area contributed by atoms with Gasteiger partial charge in [0.1, 0.15) is 5.75 Å². The largest absolute Gasteiger partial charge is 0.497 e. The van der Waals surface area contributed by atoms with Crippen molar-refractivity contribution in [1.82, 2.24) is 10.2 Å². The van der Waals surface area contributed by atoms with Crippen molar-refractivity contribution in [2.24, 2.45) is 0 Å². The summed E-state index contributed by atoms with van der Waals surface area (Å²) < 4.78 is 12.8. The molecule has 0 aliphatic carbocycles. The van der Waals surface area contributed by atoms with Crippen molar-refractivity contribution in [3.8, 4) is 28.7 Å². The molecule has 6 heteroatoms. The zero-order valence-electron chi connectivity index (χ0n) is 11.0. The predicted molar refractivity (Wildman–Crippen MR) is 87.1 cm³/mol. The number of methoxy groups -OCH3 is 1. The molecule has 0 unspecified atom stereocenters. The first-order valence-corrected chi connectivity index (χ1v) is 7.69. The lowest BCUT2D eigenvalue weighted by atomic mass is 10.2. The van der Waals surface area contributed by atoms with Gasteiger partial charge in [-0.1, -0.05) is 37.9 Å². The predicted octanol–water partition coefficient (Wildman–Crippen LogP) is 4.94. The van der Waals surface area contributed by atoms with Gasteiger partial charge >= 0.3 is 0 Å². The Labute approximate surface area is 138 Å². The first kappa shape index (κ1) is 14.3. The van der Waals surface area contributed by atoms with Crippen LogP contribution in [0.4, 0.5) is 0 Å². The summed E-state index contributed by atoms with van der Waals surface area (Å²) in [6.07, 6.45) is 0. The molecule has 3 rings (SSSR count). The fourth-order valence-corrected chi connectivity index (χ4v) is 3.18. The summed E-state index contributed by atoms with van der Waals surface area (Å²) in [7, 11) is 1.62. The van der Waals surface area contributed by atoms with Crippen LogP contribution in [0.15, 0.2) is 55.8 Å². The molecule has 0 bridgehead atoms. The van der Waals surface area contributed by atoms with E-state index in [1.54, 1.807) is 7.11 Å². The Kier molecular flexibility index (Phi) is 4.07. The first-order chi connectivity index (χ1) is 10.2. The molecule has 0 aliphatic rings. The van der Waals surface area contributed by atoms with Gasteiger partial charge < -0.3 is 9.15 Å². The molecular formula is C15H10Br2N2O2. The molecule has 1 aromatic heterocycles. The standard InChI is InChI=1S/C15H10Br2N2O2/c1-20-13-4-2-3-9(7-13)14-18-19-15(21-14)10-5-11(16)8-12(17)6-10/h2-8H,1H3. The van der Waals surface area contributed by atoms with Crippen molar-refractivity contribution in [3.05, 3.63) is 51.4 Å². The first-order valence-electron chi connectivity index (χ1n) is 6.10. The molecule has 0 radical (unpaired) electrons. The van der Waals surface area contributed by atoms with Gasteiger partial charge in [-0.2, -0.15) is 0 Å². The van der Waals surface area contributed by atoms with Crippen molar-refractivity contribution >= 4 is 31.9 Å². The topological polar surface area (TPSA) is 48.2 Å².